The molecule has 5 aromatic carbocycles. The second-order valence-corrected chi connectivity index (χ2v) is 20.2. The summed E-state index contributed by atoms with van der Waals surface area (Å²) in [6, 6.07) is 37.5. The van der Waals surface area contributed by atoms with Gasteiger partial charge in [0.25, 0.3) is 11.8 Å². The van der Waals surface area contributed by atoms with E-state index in [4.69, 9.17) is 9.47 Å². The van der Waals surface area contributed by atoms with Gasteiger partial charge in [-0.3, -0.25) is 19.3 Å². The van der Waals surface area contributed by atoms with Gasteiger partial charge in [-0.1, -0.05) is 85.8 Å². The number of para-hydroxylation sites is 4. The molecule has 4 heterocycles. The Morgan fingerprint density at radius 2 is 1.47 bits per heavy atom. The van der Waals surface area contributed by atoms with Gasteiger partial charge in [-0.2, -0.15) is 0 Å². The highest BCUT2D eigenvalue weighted by atomic mass is 28.4. The zero-order valence-electron chi connectivity index (χ0n) is 32.2. The Hall–Kier alpha value is -5.59. The van der Waals surface area contributed by atoms with Crippen molar-refractivity contribution in [2.24, 2.45) is 5.92 Å². The fourth-order valence-electron chi connectivity index (χ4n) is 9.72. The number of aliphatic hydroxyl groups is 1. The lowest BCUT2D eigenvalue weighted by Crippen LogP contribution is -2.48. The van der Waals surface area contributed by atoms with Crippen LogP contribution in [-0.2, 0) is 39.4 Å². The maximum atomic E-state index is 15.0. The van der Waals surface area contributed by atoms with E-state index in [1.54, 1.807) is 26.8 Å². The van der Waals surface area contributed by atoms with Crippen LogP contribution in [0.2, 0.25) is 18.6 Å². The number of anilines is 3. The van der Waals surface area contributed by atoms with Crippen molar-refractivity contribution in [1.82, 2.24) is 4.90 Å². The van der Waals surface area contributed by atoms with Crippen LogP contribution in [-0.4, -0.2) is 59.6 Å². The van der Waals surface area contributed by atoms with Gasteiger partial charge >= 0.3 is 0 Å². The molecule has 4 aliphatic rings. The van der Waals surface area contributed by atoms with Crippen molar-refractivity contribution in [3.05, 3.63) is 149 Å². The van der Waals surface area contributed by atoms with E-state index >= 15 is 4.79 Å². The number of fused-ring (bicyclic) bond motifs is 5. The predicted molar refractivity (Wildman–Crippen MR) is 219 cm³/mol. The number of amides is 3. The number of rotatable bonds is 7. The van der Waals surface area contributed by atoms with Crippen LogP contribution in [0, 0.1) is 5.92 Å². The summed E-state index contributed by atoms with van der Waals surface area (Å²) >= 11 is 0. The largest absolute Gasteiger partial charge is 0.454 e. The van der Waals surface area contributed by atoms with Gasteiger partial charge in [0.15, 0.2) is 19.7 Å². The van der Waals surface area contributed by atoms with Crippen LogP contribution in [0.1, 0.15) is 46.0 Å². The van der Waals surface area contributed by atoms with E-state index in [1.165, 1.54) is 0 Å². The number of hydrogen-bond acceptors (Lipinski definition) is 7. The van der Waals surface area contributed by atoms with Crippen LogP contribution >= 0.6 is 0 Å². The number of hydrogen-bond donors (Lipinski definition) is 2. The highest BCUT2D eigenvalue weighted by molar-refractivity contribution is 6.71. The molecule has 9 rings (SSSR count). The number of aliphatic hydroxyl groups excluding tert-OH is 1. The standard InChI is InChI=1S/C46H45N3O7Si/c1-29-43(57(2,3)54)41(25-42(51)47-27-32-13-5-4-12-31(32)24-34(47)28-50)56-46(29)36-15-7-8-16-37(36)48(45(46)53)26-30-20-22-33(23-21-30)49-38-17-9-11-19-40(38)55-39-18-10-6-14-35(39)44(49)52/h4-23,29,34,41,43,50,54H,24-28H2,1-3H3/t29-,34+,41+,43-,46+/m1/s1. The summed E-state index contributed by atoms with van der Waals surface area (Å²) in [4.78, 5) is 60.2. The first-order chi connectivity index (χ1) is 27.5. The SMILES string of the molecule is C[C@@H]1[C@@H]([Si](C)(C)O)[C@H](CC(=O)N2Cc3ccccc3C[C@H]2CO)O[C@@]12C(=O)N(Cc1ccc(N3C(=O)c4ccccc4Oc4ccccc43)cc1)c1ccccc12. The number of carbonyl (C=O) groups excluding carboxylic acids is 3. The van der Waals surface area contributed by atoms with E-state index in [0.29, 0.717) is 41.4 Å². The summed E-state index contributed by atoms with van der Waals surface area (Å²) in [5.41, 5.74) is 4.36. The summed E-state index contributed by atoms with van der Waals surface area (Å²) in [6.07, 6.45) is -0.174. The van der Waals surface area contributed by atoms with Gasteiger partial charge in [0.1, 0.15) is 5.75 Å². The van der Waals surface area contributed by atoms with Crippen LogP contribution in [0.15, 0.2) is 121 Å². The maximum Gasteiger partial charge on any atom is 0.266 e. The zero-order chi connectivity index (χ0) is 39.6. The Kier molecular flexibility index (Phi) is 9.16. The molecule has 5 aromatic rings. The van der Waals surface area contributed by atoms with Gasteiger partial charge in [-0.05, 0) is 78.7 Å². The molecule has 290 valence electrons. The molecule has 5 atom stereocenters. The van der Waals surface area contributed by atoms with Crippen molar-refractivity contribution in [3.63, 3.8) is 0 Å². The summed E-state index contributed by atoms with van der Waals surface area (Å²) in [5.74, 6) is 0.0118. The van der Waals surface area contributed by atoms with Gasteiger partial charge in [0.05, 0.1) is 48.7 Å². The van der Waals surface area contributed by atoms with Gasteiger partial charge in [0, 0.05) is 29.3 Å². The normalized spacial score (nSPS) is 23.8. The van der Waals surface area contributed by atoms with Crippen LogP contribution in [0.25, 0.3) is 0 Å². The second-order valence-electron chi connectivity index (χ2n) is 16.2. The maximum absolute atomic E-state index is 15.0. The van der Waals surface area contributed by atoms with E-state index in [-0.39, 0.29) is 43.3 Å². The smallest absolute Gasteiger partial charge is 0.266 e. The summed E-state index contributed by atoms with van der Waals surface area (Å²) in [6.45, 7) is 6.13. The van der Waals surface area contributed by atoms with E-state index in [9.17, 15) is 19.5 Å². The number of ether oxygens (including phenoxy) is 2. The Morgan fingerprint density at radius 1 is 0.825 bits per heavy atom. The first-order valence-corrected chi connectivity index (χ1v) is 22.6. The van der Waals surface area contributed by atoms with Gasteiger partial charge < -0.3 is 29.2 Å². The second kappa shape index (κ2) is 14.1. The Labute approximate surface area is 333 Å². The molecule has 57 heavy (non-hydrogen) atoms. The molecule has 0 aromatic heterocycles. The van der Waals surface area contributed by atoms with Crippen molar-refractivity contribution in [2.45, 2.75) is 69.2 Å². The number of carbonyl (C=O) groups is 3. The topological polar surface area (TPSA) is 120 Å². The Bertz CT molecular complexity index is 2400. The molecule has 1 spiro atoms. The fraction of sp³-hybridized carbons (Fsp3) is 0.283. The third-order valence-corrected chi connectivity index (χ3v) is 14.8. The van der Waals surface area contributed by atoms with Crippen LogP contribution < -0.4 is 14.5 Å². The third kappa shape index (κ3) is 6.08. The average Bonchev–Trinajstić information content (AvgIpc) is 3.59. The minimum absolute atomic E-state index is 0.0167. The molecule has 2 N–H and O–H groups in total. The lowest BCUT2D eigenvalue weighted by molar-refractivity contribution is -0.151. The lowest BCUT2D eigenvalue weighted by atomic mass is 9.82. The molecule has 0 saturated carbocycles. The van der Waals surface area contributed by atoms with E-state index < -0.39 is 31.5 Å². The van der Waals surface area contributed by atoms with Crippen LogP contribution in [0.5, 0.6) is 11.5 Å². The number of benzene rings is 5. The molecule has 0 unspecified atom stereocenters. The van der Waals surface area contributed by atoms with Crippen LogP contribution in [0.4, 0.5) is 17.1 Å². The van der Waals surface area contributed by atoms with Crippen molar-refractivity contribution in [2.75, 3.05) is 16.4 Å². The minimum atomic E-state index is -3.03. The van der Waals surface area contributed by atoms with Crippen molar-refractivity contribution < 1.29 is 33.8 Å². The summed E-state index contributed by atoms with van der Waals surface area (Å²) in [5, 5.41) is 10.3. The Balaban J connectivity index is 1.01. The van der Waals surface area contributed by atoms with E-state index in [1.807, 2.05) is 129 Å². The molecule has 0 aliphatic carbocycles. The number of nitrogens with zero attached hydrogens (tertiary/aromatic N) is 3. The minimum Gasteiger partial charge on any atom is -0.454 e. The van der Waals surface area contributed by atoms with Crippen molar-refractivity contribution >= 4 is 43.1 Å². The lowest BCUT2D eigenvalue weighted by Gasteiger charge is -2.37. The van der Waals surface area contributed by atoms with Crippen molar-refractivity contribution in [3.8, 4) is 11.5 Å². The summed E-state index contributed by atoms with van der Waals surface area (Å²) < 4.78 is 13.2. The first-order valence-electron chi connectivity index (χ1n) is 19.6. The molecular weight excluding hydrogens is 735 g/mol. The Morgan fingerprint density at radius 3 is 2.21 bits per heavy atom. The van der Waals surface area contributed by atoms with E-state index in [0.717, 1.165) is 27.9 Å². The van der Waals surface area contributed by atoms with E-state index in [2.05, 4.69) is 0 Å². The average molecular weight is 780 g/mol. The molecule has 0 radical (unpaired) electrons. The zero-order valence-corrected chi connectivity index (χ0v) is 33.2. The highest BCUT2D eigenvalue weighted by Crippen LogP contribution is 2.60. The molecule has 0 bridgehead atoms. The predicted octanol–water partition coefficient (Wildman–Crippen LogP) is 7.45. The fourth-order valence-corrected chi connectivity index (χ4v) is 12.3. The quantitative estimate of drug-likeness (QED) is 0.165. The monoisotopic (exact) mass is 779 g/mol. The molecular formula is C46H45N3O7Si. The molecule has 1 fully saturated rings. The van der Waals surface area contributed by atoms with Gasteiger partial charge in [-0.25, -0.2) is 0 Å². The van der Waals surface area contributed by atoms with Gasteiger partial charge in [0.2, 0.25) is 5.91 Å². The third-order valence-electron chi connectivity index (χ3n) is 12.3. The molecule has 3 amide bonds. The highest BCUT2D eigenvalue weighted by Gasteiger charge is 2.66. The molecule has 1 saturated heterocycles. The molecule has 10 nitrogen and oxygen atoms in total. The van der Waals surface area contributed by atoms with Gasteiger partial charge in [-0.15, -0.1) is 0 Å². The molecule has 11 heteroatoms. The van der Waals surface area contributed by atoms with Crippen LogP contribution in [0.3, 0.4) is 0 Å². The first kappa shape index (κ1) is 37.0. The summed E-state index contributed by atoms with van der Waals surface area (Å²) in [7, 11) is -3.03. The van der Waals surface area contributed by atoms with Crippen molar-refractivity contribution in [1.29, 1.82) is 0 Å². The molecule has 4 aliphatic heterocycles.